The average Bonchev–Trinajstić information content (AvgIpc) is 2.27. The van der Waals surface area contributed by atoms with Crippen LogP contribution in [0.2, 0.25) is 0 Å². The van der Waals surface area contributed by atoms with Gasteiger partial charge in [-0.2, -0.15) is 0 Å². The van der Waals surface area contributed by atoms with E-state index in [9.17, 15) is 8.42 Å². The summed E-state index contributed by atoms with van der Waals surface area (Å²) in [5.41, 5.74) is 0. The molecule has 0 aromatic rings. The van der Waals surface area contributed by atoms with Crippen LogP contribution in [0.25, 0.3) is 0 Å². The first-order chi connectivity index (χ1) is 7.92. The number of hydrogen-bond acceptors (Lipinski definition) is 3. The molecule has 0 bridgehead atoms. The Morgan fingerprint density at radius 1 is 1.12 bits per heavy atom. The highest BCUT2D eigenvalue weighted by Gasteiger charge is 2.21. The summed E-state index contributed by atoms with van der Waals surface area (Å²) in [6, 6.07) is 0. The molecule has 0 aliphatic carbocycles. The van der Waals surface area contributed by atoms with Crippen molar-refractivity contribution in [3.05, 3.63) is 0 Å². The third kappa shape index (κ3) is 7.01. The Morgan fingerprint density at radius 3 is 2.24 bits per heavy atom. The fourth-order valence-corrected chi connectivity index (χ4v) is 2.54. The van der Waals surface area contributed by atoms with Gasteiger partial charge in [-0.25, -0.2) is 12.7 Å². The van der Waals surface area contributed by atoms with Gasteiger partial charge < -0.3 is 4.74 Å². The lowest BCUT2D eigenvalue weighted by Crippen LogP contribution is -2.34. The molecule has 4 nitrogen and oxygen atoms in total. The number of nitrogens with zero attached hydrogens (tertiary/aromatic N) is 1. The van der Waals surface area contributed by atoms with Crippen LogP contribution in [0.3, 0.4) is 0 Å². The molecule has 0 unspecified atom stereocenters. The van der Waals surface area contributed by atoms with E-state index in [4.69, 9.17) is 4.74 Å². The Bertz CT molecular complexity index is 275. The first kappa shape index (κ1) is 16.9. The average molecular weight is 265 g/mol. The van der Waals surface area contributed by atoms with E-state index in [2.05, 4.69) is 6.92 Å². The highest BCUT2D eigenvalue weighted by Crippen LogP contribution is 2.06. The molecule has 0 radical (unpaired) electrons. The molecule has 0 aromatic heterocycles. The van der Waals surface area contributed by atoms with E-state index < -0.39 is 10.0 Å². The largest absolute Gasteiger partial charge is 0.381 e. The SMILES string of the molecule is CCCCCOCCCN(C)S(=O)(=O)C(C)C. The van der Waals surface area contributed by atoms with Crippen LogP contribution in [-0.4, -0.2) is 44.8 Å². The molecule has 0 N–H and O–H groups in total. The van der Waals surface area contributed by atoms with Gasteiger partial charge in [0.05, 0.1) is 5.25 Å². The van der Waals surface area contributed by atoms with E-state index in [1.165, 1.54) is 17.1 Å². The van der Waals surface area contributed by atoms with Gasteiger partial charge in [-0.1, -0.05) is 19.8 Å². The molecule has 0 amide bonds. The Kier molecular flexibility index (Phi) is 8.82. The maximum atomic E-state index is 11.7. The van der Waals surface area contributed by atoms with Crippen molar-refractivity contribution in [2.24, 2.45) is 0 Å². The molecule has 104 valence electrons. The Labute approximate surface area is 106 Å². The van der Waals surface area contributed by atoms with Crippen molar-refractivity contribution in [1.29, 1.82) is 0 Å². The van der Waals surface area contributed by atoms with E-state index in [-0.39, 0.29) is 5.25 Å². The number of unbranched alkanes of at least 4 members (excludes halogenated alkanes) is 2. The number of rotatable bonds is 10. The van der Waals surface area contributed by atoms with Crippen molar-refractivity contribution < 1.29 is 13.2 Å². The summed E-state index contributed by atoms with van der Waals surface area (Å²) < 4.78 is 30.3. The van der Waals surface area contributed by atoms with E-state index in [1.807, 2.05) is 0 Å². The zero-order valence-electron chi connectivity index (χ0n) is 11.6. The van der Waals surface area contributed by atoms with Crippen LogP contribution in [0.1, 0.15) is 46.5 Å². The maximum absolute atomic E-state index is 11.7. The summed E-state index contributed by atoms with van der Waals surface area (Å²) in [6.07, 6.45) is 4.24. The fourth-order valence-electron chi connectivity index (χ4n) is 1.43. The molecule has 0 aromatic carbocycles. The molecular formula is C12H27NO3S. The summed E-state index contributed by atoms with van der Waals surface area (Å²) >= 11 is 0. The molecule has 0 atom stereocenters. The van der Waals surface area contributed by atoms with Crippen LogP contribution in [0, 0.1) is 0 Å². The summed E-state index contributed by atoms with van der Waals surface area (Å²) in [5.74, 6) is 0. The lowest BCUT2D eigenvalue weighted by Gasteiger charge is -2.19. The second-order valence-electron chi connectivity index (χ2n) is 4.59. The van der Waals surface area contributed by atoms with Gasteiger partial charge in [0.25, 0.3) is 0 Å². The Morgan fingerprint density at radius 2 is 1.71 bits per heavy atom. The molecular weight excluding hydrogens is 238 g/mol. The fraction of sp³-hybridized carbons (Fsp3) is 1.00. The number of sulfonamides is 1. The van der Waals surface area contributed by atoms with Gasteiger partial charge in [0.1, 0.15) is 0 Å². The summed E-state index contributed by atoms with van der Waals surface area (Å²) in [6.45, 7) is 7.52. The third-order valence-corrected chi connectivity index (χ3v) is 4.93. The lowest BCUT2D eigenvalue weighted by molar-refractivity contribution is 0.125. The summed E-state index contributed by atoms with van der Waals surface area (Å²) in [7, 11) is -1.47. The smallest absolute Gasteiger partial charge is 0.216 e. The zero-order valence-corrected chi connectivity index (χ0v) is 12.4. The predicted octanol–water partition coefficient (Wildman–Crippen LogP) is 2.25. The third-order valence-electron chi connectivity index (χ3n) is 2.68. The molecule has 0 aliphatic rings. The molecule has 0 aliphatic heterocycles. The van der Waals surface area contributed by atoms with Gasteiger partial charge in [-0.05, 0) is 26.7 Å². The molecule has 0 spiro atoms. The van der Waals surface area contributed by atoms with Crippen LogP contribution < -0.4 is 0 Å². The number of hydrogen-bond donors (Lipinski definition) is 0. The van der Waals surface area contributed by atoms with E-state index >= 15 is 0 Å². The summed E-state index contributed by atoms with van der Waals surface area (Å²) in [5, 5.41) is -0.349. The highest BCUT2D eigenvalue weighted by atomic mass is 32.2. The van der Waals surface area contributed by atoms with E-state index in [0.29, 0.717) is 13.2 Å². The zero-order chi connectivity index (χ0) is 13.3. The van der Waals surface area contributed by atoms with Crippen LogP contribution in [0.4, 0.5) is 0 Å². The second kappa shape index (κ2) is 8.89. The monoisotopic (exact) mass is 265 g/mol. The quantitative estimate of drug-likeness (QED) is 0.569. The van der Waals surface area contributed by atoms with Gasteiger partial charge in [0.2, 0.25) is 10.0 Å². The van der Waals surface area contributed by atoms with Gasteiger partial charge in [0.15, 0.2) is 0 Å². The van der Waals surface area contributed by atoms with Crippen molar-refractivity contribution in [2.45, 2.75) is 51.7 Å². The van der Waals surface area contributed by atoms with Crippen molar-refractivity contribution in [2.75, 3.05) is 26.8 Å². The molecule has 17 heavy (non-hydrogen) atoms. The standard InChI is InChI=1S/C12H27NO3S/c1-5-6-7-10-16-11-8-9-13(4)17(14,15)12(2)3/h12H,5-11H2,1-4H3. The first-order valence-corrected chi connectivity index (χ1v) is 7.96. The van der Waals surface area contributed by atoms with Crippen LogP contribution >= 0.6 is 0 Å². The van der Waals surface area contributed by atoms with Crippen molar-refractivity contribution in [3.8, 4) is 0 Å². The lowest BCUT2D eigenvalue weighted by atomic mass is 10.3. The van der Waals surface area contributed by atoms with Crippen LogP contribution in [0.5, 0.6) is 0 Å². The first-order valence-electron chi connectivity index (χ1n) is 6.45. The Balaban J connectivity index is 3.62. The minimum absolute atomic E-state index is 0.349. The van der Waals surface area contributed by atoms with E-state index in [0.717, 1.165) is 19.4 Å². The van der Waals surface area contributed by atoms with Crippen molar-refractivity contribution >= 4 is 10.0 Å². The van der Waals surface area contributed by atoms with Crippen LogP contribution in [0.15, 0.2) is 0 Å². The van der Waals surface area contributed by atoms with Crippen molar-refractivity contribution in [3.63, 3.8) is 0 Å². The van der Waals surface area contributed by atoms with E-state index in [1.54, 1.807) is 20.9 Å². The maximum Gasteiger partial charge on any atom is 0.216 e. The minimum Gasteiger partial charge on any atom is -0.381 e. The molecule has 0 saturated heterocycles. The summed E-state index contributed by atoms with van der Waals surface area (Å²) in [4.78, 5) is 0. The van der Waals surface area contributed by atoms with Gasteiger partial charge in [0, 0.05) is 26.8 Å². The molecule has 0 fully saturated rings. The van der Waals surface area contributed by atoms with Gasteiger partial charge in [-0.15, -0.1) is 0 Å². The second-order valence-corrected chi connectivity index (χ2v) is 7.18. The molecule has 5 heteroatoms. The Hall–Kier alpha value is -0.130. The van der Waals surface area contributed by atoms with Crippen LogP contribution in [-0.2, 0) is 14.8 Å². The van der Waals surface area contributed by atoms with Crippen molar-refractivity contribution in [1.82, 2.24) is 4.31 Å². The number of ether oxygens (including phenoxy) is 1. The topological polar surface area (TPSA) is 46.6 Å². The predicted molar refractivity (Wildman–Crippen MR) is 71.6 cm³/mol. The molecule has 0 rings (SSSR count). The normalized spacial score (nSPS) is 12.6. The molecule has 0 heterocycles. The molecule has 0 saturated carbocycles. The highest BCUT2D eigenvalue weighted by molar-refractivity contribution is 7.89. The minimum atomic E-state index is -3.10. The van der Waals surface area contributed by atoms with Gasteiger partial charge in [-0.3, -0.25) is 0 Å². The van der Waals surface area contributed by atoms with Gasteiger partial charge >= 0.3 is 0 Å².